The molecule has 190 valence electrons. The molecular weight excluding hydrogens is 461 g/mol. The second-order valence-corrected chi connectivity index (χ2v) is 9.29. The molecule has 2 heterocycles. The van der Waals surface area contributed by atoms with Gasteiger partial charge < -0.3 is 19.9 Å². The Kier molecular flexibility index (Phi) is 7.28. The van der Waals surface area contributed by atoms with Crippen molar-refractivity contribution in [2.75, 3.05) is 26.8 Å². The largest absolute Gasteiger partial charge is 0.496 e. The number of carbonyl (C=O) groups is 1. The van der Waals surface area contributed by atoms with Crippen LogP contribution in [0, 0.1) is 0 Å². The minimum Gasteiger partial charge on any atom is -0.496 e. The zero-order chi connectivity index (χ0) is 25.2. The van der Waals surface area contributed by atoms with E-state index in [-0.39, 0.29) is 23.9 Å². The molecule has 2 aromatic carbocycles. The van der Waals surface area contributed by atoms with E-state index < -0.39 is 23.2 Å². The summed E-state index contributed by atoms with van der Waals surface area (Å²) in [7, 11) is 1.62. The van der Waals surface area contributed by atoms with Crippen molar-refractivity contribution in [3.63, 3.8) is 0 Å². The van der Waals surface area contributed by atoms with Crippen molar-refractivity contribution in [1.82, 2.24) is 4.90 Å². The highest BCUT2D eigenvalue weighted by molar-refractivity contribution is 5.85. The van der Waals surface area contributed by atoms with Crippen LogP contribution < -0.4 is 15.2 Å². The molecule has 1 amide bonds. The zero-order valence-electron chi connectivity index (χ0n) is 19.9. The number of nitrogens with two attached hydrogens (primary N) is 1. The number of alkyl halides is 3. The van der Waals surface area contributed by atoms with Crippen LogP contribution in [-0.4, -0.2) is 55.4 Å². The highest BCUT2D eigenvalue weighted by Gasteiger charge is 2.50. The van der Waals surface area contributed by atoms with Gasteiger partial charge in [-0.1, -0.05) is 31.2 Å². The van der Waals surface area contributed by atoms with Crippen LogP contribution in [0.3, 0.4) is 0 Å². The maximum Gasteiger partial charge on any atom is 0.416 e. The first kappa shape index (κ1) is 25.3. The molecule has 0 saturated carbocycles. The minimum absolute atomic E-state index is 0.0371. The van der Waals surface area contributed by atoms with Gasteiger partial charge >= 0.3 is 6.18 Å². The van der Waals surface area contributed by atoms with Crippen LogP contribution in [0.15, 0.2) is 48.5 Å². The summed E-state index contributed by atoms with van der Waals surface area (Å²) in [6.07, 6.45) is -3.59. The van der Waals surface area contributed by atoms with Gasteiger partial charge in [-0.3, -0.25) is 9.69 Å². The van der Waals surface area contributed by atoms with Crippen molar-refractivity contribution in [2.24, 2.45) is 5.73 Å². The molecule has 2 aromatic rings. The number of amides is 1. The lowest BCUT2D eigenvalue weighted by Gasteiger charge is -2.46. The van der Waals surface area contributed by atoms with Crippen molar-refractivity contribution in [3.05, 3.63) is 59.7 Å². The Hall–Kier alpha value is -2.78. The highest BCUT2D eigenvalue weighted by atomic mass is 19.4. The van der Waals surface area contributed by atoms with E-state index in [1.54, 1.807) is 7.11 Å². The molecule has 2 aliphatic heterocycles. The lowest BCUT2D eigenvalue weighted by atomic mass is 9.79. The number of hydrogen-bond acceptors (Lipinski definition) is 5. The Balaban J connectivity index is 1.49. The molecule has 0 bridgehead atoms. The van der Waals surface area contributed by atoms with Gasteiger partial charge in [0.1, 0.15) is 23.1 Å². The fraction of sp³-hybridized carbons (Fsp3) is 0.500. The average Bonchev–Trinajstić information content (AvgIpc) is 3.32. The Morgan fingerprint density at radius 2 is 2.00 bits per heavy atom. The maximum atomic E-state index is 13.1. The van der Waals surface area contributed by atoms with Crippen molar-refractivity contribution >= 4 is 5.91 Å². The first-order chi connectivity index (χ1) is 16.6. The molecule has 35 heavy (non-hydrogen) atoms. The van der Waals surface area contributed by atoms with Gasteiger partial charge in [0.2, 0.25) is 5.91 Å². The van der Waals surface area contributed by atoms with Crippen molar-refractivity contribution in [3.8, 4) is 11.5 Å². The fourth-order valence-corrected chi connectivity index (χ4v) is 5.26. The SMILES string of the molecule is COc1ccccc1[C@H](C)C1CC(C(N)=O)(N2CC[C@@H](Oc3cccc(C(F)(F)F)c3)C2)CCO1. The Bertz CT molecular complexity index is 1050. The van der Waals surface area contributed by atoms with Gasteiger partial charge in [-0.15, -0.1) is 0 Å². The third kappa shape index (κ3) is 5.26. The lowest BCUT2D eigenvalue weighted by molar-refractivity contribution is -0.142. The zero-order valence-corrected chi connectivity index (χ0v) is 19.9. The van der Waals surface area contributed by atoms with E-state index in [9.17, 15) is 18.0 Å². The molecule has 4 atom stereocenters. The highest BCUT2D eigenvalue weighted by Crippen LogP contribution is 2.41. The van der Waals surface area contributed by atoms with Crippen LogP contribution in [-0.2, 0) is 15.7 Å². The number of ether oxygens (including phenoxy) is 3. The van der Waals surface area contributed by atoms with E-state index in [2.05, 4.69) is 0 Å². The van der Waals surface area contributed by atoms with Crippen molar-refractivity contribution in [1.29, 1.82) is 0 Å². The fourth-order valence-electron chi connectivity index (χ4n) is 5.26. The number of rotatable bonds is 7. The molecule has 0 spiro atoms. The number of benzene rings is 2. The molecular formula is C26H31F3N2O4. The van der Waals surface area contributed by atoms with Crippen LogP contribution in [0.1, 0.15) is 43.2 Å². The van der Waals surface area contributed by atoms with E-state index in [4.69, 9.17) is 19.9 Å². The summed E-state index contributed by atoms with van der Waals surface area (Å²) in [4.78, 5) is 14.9. The molecule has 0 aromatic heterocycles. The summed E-state index contributed by atoms with van der Waals surface area (Å²) in [6, 6.07) is 12.6. The number of carbonyl (C=O) groups excluding carboxylic acids is 1. The maximum absolute atomic E-state index is 13.1. The molecule has 2 N–H and O–H groups in total. The Morgan fingerprint density at radius 1 is 1.23 bits per heavy atom. The number of halogens is 3. The van der Waals surface area contributed by atoms with E-state index in [0.717, 1.165) is 23.4 Å². The Labute approximate surface area is 203 Å². The number of nitrogens with zero attached hydrogens (tertiary/aromatic N) is 1. The van der Waals surface area contributed by atoms with Crippen molar-refractivity contribution in [2.45, 2.75) is 56.0 Å². The molecule has 2 unspecified atom stereocenters. The van der Waals surface area contributed by atoms with Gasteiger partial charge in [-0.05, 0) is 42.7 Å². The second-order valence-electron chi connectivity index (χ2n) is 9.29. The van der Waals surface area contributed by atoms with E-state index in [1.165, 1.54) is 12.1 Å². The first-order valence-electron chi connectivity index (χ1n) is 11.8. The van der Waals surface area contributed by atoms with Crippen LogP contribution in [0.4, 0.5) is 13.2 Å². The standard InChI is InChI=1S/C26H31F3N2O4/c1-17(21-8-3-4-9-22(21)33-2)23-15-25(24(30)32,11-13-34-23)31-12-10-20(16-31)35-19-7-5-6-18(14-19)26(27,28)29/h3-9,14,17,20,23H,10-13,15-16H2,1-2H3,(H2,30,32)/t17-,20+,23?,25?/m0/s1. The summed E-state index contributed by atoms with van der Waals surface area (Å²) >= 11 is 0. The summed E-state index contributed by atoms with van der Waals surface area (Å²) in [5, 5.41) is 0. The van der Waals surface area contributed by atoms with Crippen LogP contribution in [0.5, 0.6) is 11.5 Å². The van der Waals surface area contributed by atoms with Crippen LogP contribution >= 0.6 is 0 Å². The van der Waals surface area contributed by atoms with Gasteiger partial charge in [-0.2, -0.15) is 13.2 Å². The normalized spacial score (nSPS) is 26.3. The molecule has 9 heteroatoms. The average molecular weight is 493 g/mol. The number of methoxy groups -OCH3 is 1. The summed E-state index contributed by atoms with van der Waals surface area (Å²) in [5.41, 5.74) is 5.31. The molecule has 2 fully saturated rings. The number of para-hydroxylation sites is 1. The third-order valence-electron chi connectivity index (χ3n) is 7.25. The quantitative estimate of drug-likeness (QED) is 0.621. The predicted octanol–water partition coefficient (Wildman–Crippen LogP) is 4.37. The third-order valence-corrected chi connectivity index (χ3v) is 7.25. The van der Waals surface area contributed by atoms with Gasteiger partial charge in [0, 0.05) is 32.0 Å². The molecule has 0 radical (unpaired) electrons. The van der Waals surface area contributed by atoms with E-state index >= 15 is 0 Å². The molecule has 4 rings (SSSR count). The molecule has 0 aliphatic carbocycles. The van der Waals surface area contributed by atoms with Gasteiger partial charge in [0.25, 0.3) is 0 Å². The lowest BCUT2D eigenvalue weighted by Crippen LogP contribution is -2.61. The number of likely N-dealkylation sites (tertiary alicyclic amines) is 1. The minimum atomic E-state index is -4.44. The number of hydrogen-bond donors (Lipinski definition) is 1. The molecule has 2 saturated heterocycles. The smallest absolute Gasteiger partial charge is 0.416 e. The monoisotopic (exact) mass is 492 g/mol. The van der Waals surface area contributed by atoms with E-state index in [0.29, 0.717) is 39.0 Å². The molecule has 2 aliphatic rings. The van der Waals surface area contributed by atoms with Crippen LogP contribution in [0.2, 0.25) is 0 Å². The summed E-state index contributed by atoms with van der Waals surface area (Å²) in [5.74, 6) is 0.465. The number of primary amides is 1. The van der Waals surface area contributed by atoms with Gasteiger partial charge in [0.15, 0.2) is 0 Å². The first-order valence-corrected chi connectivity index (χ1v) is 11.8. The van der Waals surface area contributed by atoms with Crippen molar-refractivity contribution < 1.29 is 32.2 Å². The Morgan fingerprint density at radius 3 is 2.71 bits per heavy atom. The summed E-state index contributed by atoms with van der Waals surface area (Å²) < 4.78 is 56.7. The van der Waals surface area contributed by atoms with Gasteiger partial charge in [0.05, 0.1) is 18.8 Å². The predicted molar refractivity (Wildman–Crippen MR) is 124 cm³/mol. The van der Waals surface area contributed by atoms with E-state index in [1.807, 2.05) is 36.1 Å². The van der Waals surface area contributed by atoms with Gasteiger partial charge in [-0.25, -0.2) is 0 Å². The summed E-state index contributed by atoms with van der Waals surface area (Å²) in [6.45, 7) is 3.38. The van der Waals surface area contributed by atoms with Crippen LogP contribution in [0.25, 0.3) is 0 Å². The molecule has 6 nitrogen and oxygen atoms in total. The second kappa shape index (κ2) is 10.1. The topological polar surface area (TPSA) is 74.0 Å².